The zero-order chi connectivity index (χ0) is 11.0. The van der Waals surface area contributed by atoms with Gasteiger partial charge in [-0.2, -0.15) is 0 Å². The Labute approximate surface area is 93.6 Å². The molecule has 3 rings (SSSR count). The van der Waals surface area contributed by atoms with Gasteiger partial charge in [0.1, 0.15) is 0 Å². The molecular formula is C12H14FNO2. The standard InChI is InChI=1S/C12H14FNO2/c13-11-8(9-3-1-2-6-14-9)4-5-10-12(11)16-7-15-10/h4-5,9,14H,1-3,6-7H2. The lowest BCUT2D eigenvalue weighted by Crippen LogP contribution is -2.27. The average molecular weight is 223 g/mol. The summed E-state index contributed by atoms with van der Waals surface area (Å²) < 4.78 is 24.4. The van der Waals surface area contributed by atoms with E-state index in [0.29, 0.717) is 11.3 Å². The lowest BCUT2D eigenvalue weighted by molar-refractivity contribution is 0.170. The van der Waals surface area contributed by atoms with Crippen LogP contribution >= 0.6 is 0 Å². The molecule has 0 aromatic heterocycles. The maximum absolute atomic E-state index is 14.1. The minimum atomic E-state index is -0.269. The molecule has 2 aliphatic heterocycles. The van der Waals surface area contributed by atoms with Crippen molar-refractivity contribution < 1.29 is 13.9 Å². The molecule has 0 spiro atoms. The third-order valence-electron chi connectivity index (χ3n) is 3.19. The van der Waals surface area contributed by atoms with Gasteiger partial charge >= 0.3 is 0 Å². The van der Waals surface area contributed by atoms with Gasteiger partial charge in [-0.05, 0) is 25.5 Å². The minimum Gasteiger partial charge on any atom is -0.453 e. The molecule has 1 N–H and O–H groups in total. The van der Waals surface area contributed by atoms with E-state index in [4.69, 9.17) is 9.47 Å². The molecule has 16 heavy (non-hydrogen) atoms. The van der Waals surface area contributed by atoms with Crippen LogP contribution in [0.4, 0.5) is 4.39 Å². The predicted octanol–water partition coefficient (Wildman–Crippen LogP) is 2.37. The number of ether oxygens (including phenoxy) is 2. The normalized spacial score (nSPS) is 23.4. The van der Waals surface area contributed by atoms with Crippen molar-refractivity contribution in [1.82, 2.24) is 5.32 Å². The van der Waals surface area contributed by atoms with Crippen molar-refractivity contribution >= 4 is 0 Å². The van der Waals surface area contributed by atoms with Crippen LogP contribution in [0.15, 0.2) is 12.1 Å². The average Bonchev–Trinajstić information content (AvgIpc) is 2.80. The molecule has 0 bridgehead atoms. The molecule has 0 aliphatic carbocycles. The highest BCUT2D eigenvalue weighted by Gasteiger charge is 2.25. The van der Waals surface area contributed by atoms with Crippen LogP contribution in [0.2, 0.25) is 0 Å². The molecule has 1 fully saturated rings. The van der Waals surface area contributed by atoms with E-state index in [0.717, 1.165) is 19.4 Å². The van der Waals surface area contributed by atoms with Gasteiger partial charge < -0.3 is 14.8 Å². The van der Waals surface area contributed by atoms with E-state index in [1.54, 1.807) is 12.1 Å². The second kappa shape index (κ2) is 3.94. The number of benzene rings is 1. The Bertz CT molecular complexity index is 402. The highest BCUT2D eigenvalue weighted by Crippen LogP contribution is 2.39. The summed E-state index contributed by atoms with van der Waals surface area (Å²) in [5, 5.41) is 3.33. The number of hydrogen-bond donors (Lipinski definition) is 1. The first-order chi connectivity index (χ1) is 7.86. The summed E-state index contributed by atoms with van der Waals surface area (Å²) in [6.45, 7) is 1.08. The molecule has 1 aromatic carbocycles. The Hall–Kier alpha value is -1.29. The van der Waals surface area contributed by atoms with Gasteiger partial charge in [0, 0.05) is 11.6 Å². The molecule has 3 nitrogen and oxygen atoms in total. The van der Waals surface area contributed by atoms with Crippen LogP contribution in [0.1, 0.15) is 30.9 Å². The topological polar surface area (TPSA) is 30.5 Å². The fourth-order valence-electron chi connectivity index (χ4n) is 2.34. The van der Waals surface area contributed by atoms with Crippen molar-refractivity contribution in [2.75, 3.05) is 13.3 Å². The maximum atomic E-state index is 14.1. The first-order valence-corrected chi connectivity index (χ1v) is 5.67. The molecule has 0 saturated carbocycles. The molecule has 4 heteroatoms. The fourth-order valence-corrected chi connectivity index (χ4v) is 2.34. The van der Waals surface area contributed by atoms with Crippen LogP contribution in [0.3, 0.4) is 0 Å². The monoisotopic (exact) mass is 223 g/mol. The number of halogens is 1. The van der Waals surface area contributed by atoms with Gasteiger partial charge in [0.25, 0.3) is 0 Å². The number of rotatable bonds is 1. The maximum Gasteiger partial charge on any atom is 0.231 e. The third kappa shape index (κ3) is 1.53. The molecular weight excluding hydrogens is 209 g/mol. The Kier molecular flexibility index (Phi) is 2.44. The molecule has 0 radical (unpaired) electrons. The number of fused-ring (bicyclic) bond motifs is 1. The summed E-state index contributed by atoms with van der Waals surface area (Å²) in [4.78, 5) is 0. The summed E-state index contributed by atoms with van der Waals surface area (Å²) in [5.41, 5.74) is 0.698. The Morgan fingerprint density at radius 2 is 2.19 bits per heavy atom. The van der Waals surface area contributed by atoms with E-state index in [2.05, 4.69) is 5.32 Å². The van der Waals surface area contributed by atoms with Crippen molar-refractivity contribution in [2.45, 2.75) is 25.3 Å². The van der Waals surface area contributed by atoms with E-state index >= 15 is 0 Å². The highest BCUT2D eigenvalue weighted by molar-refractivity contribution is 5.47. The van der Waals surface area contributed by atoms with E-state index in [-0.39, 0.29) is 24.4 Å². The Morgan fingerprint density at radius 1 is 1.25 bits per heavy atom. The van der Waals surface area contributed by atoms with Crippen LogP contribution in [-0.2, 0) is 0 Å². The van der Waals surface area contributed by atoms with Crippen molar-refractivity contribution in [2.24, 2.45) is 0 Å². The molecule has 86 valence electrons. The second-order valence-electron chi connectivity index (χ2n) is 4.21. The van der Waals surface area contributed by atoms with Crippen molar-refractivity contribution in [3.63, 3.8) is 0 Å². The first-order valence-electron chi connectivity index (χ1n) is 5.67. The number of piperidine rings is 1. The van der Waals surface area contributed by atoms with Gasteiger partial charge in [0.2, 0.25) is 12.5 Å². The summed E-state index contributed by atoms with van der Waals surface area (Å²) >= 11 is 0. The van der Waals surface area contributed by atoms with Crippen LogP contribution in [-0.4, -0.2) is 13.3 Å². The van der Waals surface area contributed by atoms with Crippen molar-refractivity contribution in [1.29, 1.82) is 0 Å². The van der Waals surface area contributed by atoms with E-state index < -0.39 is 0 Å². The van der Waals surface area contributed by atoms with Crippen LogP contribution in [0.5, 0.6) is 11.5 Å². The fraction of sp³-hybridized carbons (Fsp3) is 0.500. The molecule has 1 aromatic rings. The number of nitrogens with one attached hydrogen (secondary N) is 1. The molecule has 0 amide bonds. The molecule has 2 aliphatic rings. The predicted molar refractivity (Wildman–Crippen MR) is 57.1 cm³/mol. The van der Waals surface area contributed by atoms with Gasteiger partial charge in [-0.3, -0.25) is 0 Å². The molecule has 1 atom stereocenters. The van der Waals surface area contributed by atoms with E-state index in [1.165, 1.54) is 6.42 Å². The van der Waals surface area contributed by atoms with Gasteiger partial charge in [-0.1, -0.05) is 12.5 Å². The SMILES string of the molecule is Fc1c(C2CCCCN2)ccc2c1OCO2. The molecule has 1 saturated heterocycles. The van der Waals surface area contributed by atoms with Crippen LogP contribution < -0.4 is 14.8 Å². The number of hydrogen-bond acceptors (Lipinski definition) is 3. The van der Waals surface area contributed by atoms with Crippen LogP contribution in [0, 0.1) is 5.82 Å². The summed E-state index contributed by atoms with van der Waals surface area (Å²) in [5.74, 6) is 0.510. The molecule has 1 unspecified atom stereocenters. The Balaban J connectivity index is 1.95. The lowest BCUT2D eigenvalue weighted by Gasteiger charge is -2.24. The summed E-state index contributed by atoms with van der Waals surface area (Å²) in [7, 11) is 0. The lowest BCUT2D eigenvalue weighted by atomic mass is 9.97. The zero-order valence-corrected chi connectivity index (χ0v) is 8.96. The smallest absolute Gasteiger partial charge is 0.231 e. The summed E-state index contributed by atoms with van der Waals surface area (Å²) in [6.07, 6.45) is 3.30. The summed E-state index contributed by atoms with van der Waals surface area (Å²) in [6, 6.07) is 3.70. The van der Waals surface area contributed by atoms with Crippen molar-refractivity contribution in [3.05, 3.63) is 23.5 Å². The highest BCUT2D eigenvalue weighted by atomic mass is 19.1. The van der Waals surface area contributed by atoms with Gasteiger partial charge in [0.15, 0.2) is 11.6 Å². The van der Waals surface area contributed by atoms with Gasteiger partial charge in [-0.15, -0.1) is 0 Å². The minimum absolute atomic E-state index is 0.114. The quantitative estimate of drug-likeness (QED) is 0.792. The van der Waals surface area contributed by atoms with E-state index in [1.807, 2.05) is 0 Å². The molecule has 2 heterocycles. The third-order valence-corrected chi connectivity index (χ3v) is 3.19. The van der Waals surface area contributed by atoms with Crippen LogP contribution in [0.25, 0.3) is 0 Å². The zero-order valence-electron chi connectivity index (χ0n) is 8.96. The second-order valence-corrected chi connectivity index (χ2v) is 4.21. The first kappa shape index (κ1) is 9.90. The Morgan fingerprint density at radius 3 is 3.00 bits per heavy atom. The largest absolute Gasteiger partial charge is 0.453 e. The van der Waals surface area contributed by atoms with Crippen molar-refractivity contribution in [3.8, 4) is 11.5 Å². The van der Waals surface area contributed by atoms with E-state index in [9.17, 15) is 4.39 Å². The van der Waals surface area contributed by atoms with Gasteiger partial charge in [0.05, 0.1) is 0 Å². The van der Waals surface area contributed by atoms with Gasteiger partial charge in [-0.25, -0.2) is 4.39 Å².